The molecule has 2 nitrogen and oxygen atoms in total. The van der Waals surface area contributed by atoms with Gasteiger partial charge in [0.25, 0.3) is 0 Å². The first-order chi connectivity index (χ1) is 7.20. The molecule has 1 rings (SSSR count). The number of nitrogens with two attached hydrogens (primary N) is 1. The van der Waals surface area contributed by atoms with Crippen LogP contribution in [0.3, 0.4) is 0 Å². The third-order valence-corrected chi connectivity index (χ3v) is 2.41. The Labute approximate surface area is 112 Å². The van der Waals surface area contributed by atoms with E-state index in [9.17, 15) is 18.3 Å². The minimum Gasteiger partial charge on any atom is -0.506 e. The Bertz CT molecular complexity index is 398. The van der Waals surface area contributed by atoms with E-state index < -0.39 is 24.4 Å². The van der Waals surface area contributed by atoms with Gasteiger partial charge in [-0.15, -0.1) is 12.4 Å². The van der Waals surface area contributed by atoms with Crippen LogP contribution in [0, 0.1) is 0 Å². The van der Waals surface area contributed by atoms with Crippen molar-refractivity contribution in [3.05, 3.63) is 27.7 Å². The van der Waals surface area contributed by atoms with E-state index in [0.717, 1.165) is 0 Å². The number of phenols is 1. The second-order valence-electron chi connectivity index (χ2n) is 3.25. The van der Waals surface area contributed by atoms with Crippen molar-refractivity contribution in [1.29, 1.82) is 0 Å². The summed E-state index contributed by atoms with van der Waals surface area (Å²) in [7, 11) is 0. The summed E-state index contributed by atoms with van der Waals surface area (Å²) in [6.07, 6.45) is -5.67. The van der Waals surface area contributed by atoms with Gasteiger partial charge in [0.05, 0.1) is 11.4 Å². The van der Waals surface area contributed by atoms with E-state index in [1.54, 1.807) is 0 Å². The summed E-state index contributed by atoms with van der Waals surface area (Å²) in [5.41, 5.74) is 5.21. The molecule has 0 radical (unpaired) electrons. The molecule has 0 unspecified atom stereocenters. The highest BCUT2D eigenvalue weighted by atomic mass is 35.5. The normalized spacial score (nSPS) is 13.1. The number of hydrogen-bond acceptors (Lipinski definition) is 2. The fraction of sp³-hybridized carbons (Fsp3) is 0.333. The van der Waals surface area contributed by atoms with Crippen LogP contribution in [0.15, 0.2) is 12.1 Å². The third kappa shape index (κ3) is 4.79. The van der Waals surface area contributed by atoms with Gasteiger partial charge in [-0.25, -0.2) is 0 Å². The minimum absolute atomic E-state index is 0. The molecule has 17 heavy (non-hydrogen) atoms. The van der Waals surface area contributed by atoms with Crippen molar-refractivity contribution >= 4 is 35.6 Å². The predicted molar refractivity (Wildman–Crippen MR) is 63.0 cm³/mol. The lowest BCUT2D eigenvalue weighted by atomic mass is 10.0. The molecule has 1 atom stereocenters. The molecule has 1 aromatic carbocycles. The molecule has 0 spiro atoms. The minimum atomic E-state index is -4.42. The van der Waals surface area contributed by atoms with E-state index in [2.05, 4.69) is 0 Å². The van der Waals surface area contributed by atoms with Crippen LogP contribution in [-0.4, -0.2) is 11.3 Å². The highest BCUT2D eigenvalue weighted by molar-refractivity contribution is 6.35. The summed E-state index contributed by atoms with van der Waals surface area (Å²) in [4.78, 5) is 0. The van der Waals surface area contributed by atoms with Gasteiger partial charge in [-0.1, -0.05) is 23.2 Å². The van der Waals surface area contributed by atoms with Crippen molar-refractivity contribution in [3.63, 3.8) is 0 Å². The molecular formula is C9H9Cl3F3NO. The molecule has 0 saturated carbocycles. The Hall–Kier alpha value is -0.360. The molecule has 0 aliphatic heterocycles. The summed E-state index contributed by atoms with van der Waals surface area (Å²) in [5.74, 6) is -0.470. The molecule has 1 aromatic rings. The van der Waals surface area contributed by atoms with E-state index >= 15 is 0 Å². The maximum atomic E-state index is 12.1. The maximum Gasteiger partial charge on any atom is 0.390 e. The highest BCUT2D eigenvalue weighted by Gasteiger charge is 2.32. The smallest absolute Gasteiger partial charge is 0.390 e. The van der Waals surface area contributed by atoms with Gasteiger partial charge in [0.2, 0.25) is 0 Å². The highest BCUT2D eigenvalue weighted by Crippen LogP contribution is 2.37. The van der Waals surface area contributed by atoms with Crippen LogP contribution >= 0.6 is 35.6 Å². The number of alkyl halides is 3. The van der Waals surface area contributed by atoms with Crippen LogP contribution in [0.1, 0.15) is 18.0 Å². The van der Waals surface area contributed by atoms with Gasteiger partial charge in [0.1, 0.15) is 5.75 Å². The van der Waals surface area contributed by atoms with Gasteiger partial charge in [-0.3, -0.25) is 0 Å². The monoisotopic (exact) mass is 309 g/mol. The predicted octanol–water partition coefficient (Wildman–Crippen LogP) is 4.07. The summed E-state index contributed by atoms with van der Waals surface area (Å²) in [6, 6.07) is 0.998. The molecule has 0 saturated heterocycles. The molecule has 0 aliphatic rings. The average Bonchev–Trinajstić information content (AvgIpc) is 2.08. The van der Waals surface area contributed by atoms with Crippen molar-refractivity contribution in [2.75, 3.05) is 0 Å². The molecule has 3 N–H and O–H groups in total. The zero-order chi connectivity index (χ0) is 12.5. The van der Waals surface area contributed by atoms with Crippen LogP contribution in [0.5, 0.6) is 5.75 Å². The Morgan fingerprint density at radius 3 is 2.29 bits per heavy atom. The van der Waals surface area contributed by atoms with Crippen molar-refractivity contribution < 1.29 is 18.3 Å². The molecule has 8 heteroatoms. The van der Waals surface area contributed by atoms with Crippen molar-refractivity contribution in [2.45, 2.75) is 18.6 Å². The molecule has 0 heterocycles. The molecule has 98 valence electrons. The standard InChI is InChI=1S/C9H8Cl2F3NO.ClH/c10-4-1-5(8(16)6(11)2-4)7(15)3-9(12,13)14;/h1-2,7,16H,3,15H2;1H/t7-;/m0./s1. The summed E-state index contributed by atoms with van der Waals surface area (Å²) < 4.78 is 36.3. The van der Waals surface area contributed by atoms with Crippen molar-refractivity contribution in [1.82, 2.24) is 0 Å². The lowest BCUT2D eigenvalue weighted by molar-refractivity contribution is -0.138. The Morgan fingerprint density at radius 2 is 1.82 bits per heavy atom. The first kappa shape index (κ1) is 16.6. The van der Waals surface area contributed by atoms with Gasteiger partial charge in [-0.05, 0) is 12.1 Å². The van der Waals surface area contributed by atoms with E-state index in [-0.39, 0.29) is 28.0 Å². The van der Waals surface area contributed by atoms with Crippen LogP contribution < -0.4 is 5.73 Å². The van der Waals surface area contributed by atoms with Crippen molar-refractivity contribution in [3.8, 4) is 5.75 Å². The quantitative estimate of drug-likeness (QED) is 0.865. The summed E-state index contributed by atoms with van der Waals surface area (Å²) in [5, 5.41) is 9.45. The first-order valence-corrected chi connectivity index (χ1v) is 4.96. The zero-order valence-corrected chi connectivity index (χ0v) is 10.6. The zero-order valence-electron chi connectivity index (χ0n) is 8.26. The number of rotatable bonds is 2. The van der Waals surface area contributed by atoms with E-state index in [4.69, 9.17) is 28.9 Å². The summed E-state index contributed by atoms with van der Waals surface area (Å²) >= 11 is 11.2. The van der Waals surface area contributed by atoms with Crippen molar-refractivity contribution in [2.24, 2.45) is 5.73 Å². The fourth-order valence-corrected chi connectivity index (χ4v) is 1.74. The topological polar surface area (TPSA) is 46.2 Å². The number of benzene rings is 1. The van der Waals surface area contributed by atoms with E-state index in [1.165, 1.54) is 12.1 Å². The molecular weight excluding hydrogens is 301 g/mol. The van der Waals surface area contributed by atoms with Crippen LogP contribution in [0.4, 0.5) is 13.2 Å². The van der Waals surface area contributed by atoms with Gasteiger partial charge in [0, 0.05) is 16.6 Å². The lowest BCUT2D eigenvalue weighted by Crippen LogP contribution is -2.20. The Kier molecular flexibility index (Phi) is 5.87. The lowest BCUT2D eigenvalue weighted by Gasteiger charge is -2.16. The second kappa shape index (κ2) is 6.00. The largest absolute Gasteiger partial charge is 0.506 e. The van der Waals surface area contributed by atoms with Crippen LogP contribution in [-0.2, 0) is 0 Å². The molecule has 0 fully saturated rings. The van der Waals surface area contributed by atoms with Gasteiger partial charge in [0.15, 0.2) is 0 Å². The van der Waals surface area contributed by atoms with Gasteiger partial charge >= 0.3 is 6.18 Å². The molecule has 0 aromatic heterocycles. The summed E-state index contributed by atoms with van der Waals surface area (Å²) in [6.45, 7) is 0. The Balaban J connectivity index is 0.00000256. The molecule has 0 amide bonds. The van der Waals surface area contributed by atoms with Gasteiger partial charge < -0.3 is 10.8 Å². The Morgan fingerprint density at radius 1 is 1.29 bits per heavy atom. The fourth-order valence-electron chi connectivity index (χ4n) is 1.23. The average molecular weight is 311 g/mol. The number of aromatic hydroxyl groups is 1. The van der Waals surface area contributed by atoms with Gasteiger partial charge in [-0.2, -0.15) is 13.2 Å². The van der Waals surface area contributed by atoms with Crippen LogP contribution in [0.25, 0.3) is 0 Å². The van der Waals surface area contributed by atoms with E-state index in [1.807, 2.05) is 0 Å². The maximum absolute atomic E-state index is 12.1. The first-order valence-electron chi connectivity index (χ1n) is 4.21. The number of hydrogen-bond donors (Lipinski definition) is 2. The second-order valence-corrected chi connectivity index (χ2v) is 4.09. The molecule has 0 bridgehead atoms. The SMILES string of the molecule is Cl.N[C@@H](CC(F)(F)F)c1cc(Cl)cc(Cl)c1O. The van der Waals surface area contributed by atoms with E-state index in [0.29, 0.717) is 0 Å². The van der Waals surface area contributed by atoms with Crippen LogP contribution in [0.2, 0.25) is 10.0 Å². The number of halogens is 6. The third-order valence-electron chi connectivity index (χ3n) is 1.91. The number of phenolic OH excluding ortho intramolecular Hbond substituents is 1. The molecule has 0 aliphatic carbocycles.